The van der Waals surface area contributed by atoms with Crippen LogP contribution in [0.4, 0.5) is 0 Å². The fourth-order valence-corrected chi connectivity index (χ4v) is 0.733. The number of hydrogen-bond donors (Lipinski definition) is 2. The highest BCUT2D eigenvalue weighted by atomic mass is 16.5. The summed E-state index contributed by atoms with van der Waals surface area (Å²) < 4.78 is 29.4. The minimum atomic E-state index is -2.43. The molecule has 9 heavy (non-hydrogen) atoms. The highest BCUT2D eigenvalue weighted by molar-refractivity contribution is 5.78. The zero-order valence-corrected chi connectivity index (χ0v) is 4.85. The lowest BCUT2D eigenvalue weighted by Gasteiger charge is -2.15. The first-order chi connectivity index (χ1) is 5.65. The van der Waals surface area contributed by atoms with Crippen molar-refractivity contribution in [3.8, 4) is 0 Å². The minimum absolute atomic E-state index is 0.164. The molecule has 0 spiro atoms. The van der Waals surface area contributed by atoms with E-state index in [1.54, 1.807) is 0 Å². The Balaban J connectivity index is 3.22. The molecule has 3 heteroatoms. The summed E-state index contributed by atoms with van der Waals surface area (Å²) in [6.07, 6.45) is -4.71. The Hall–Kier alpha value is -0.570. The maximum atomic E-state index is 10.7. The molecular weight excluding hydrogens is 119 g/mol. The summed E-state index contributed by atoms with van der Waals surface area (Å²) in [7, 11) is 0. The predicted octanol–water partition coefficient (Wildman–Crippen LogP) is 0.342. The number of rotatable bonds is 1. The zero-order valence-electron chi connectivity index (χ0n) is 8.85. The molecule has 3 nitrogen and oxygen atoms in total. The second-order valence-corrected chi connectivity index (χ2v) is 1.97. The molecule has 0 radical (unpaired) electrons. The lowest BCUT2D eigenvalue weighted by molar-refractivity contribution is -0.143. The number of carbonyl (C=O) groups is 1. The van der Waals surface area contributed by atoms with Crippen LogP contribution < -0.4 is 5.73 Å². The molecule has 1 aliphatic rings. The van der Waals surface area contributed by atoms with E-state index >= 15 is 0 Å². The molecule has 0 aromatic carbocycles. The van der Waals surface area contributed by atoms with E-state index in [9.17, 15) is 4.79 Å². The van der Waals surface area contributed by atoms with Gasteiger partial charge >= 0.3 is 5.97 Å². The number of hydrogen-bond acceptors (Lipinski definition) is 2. The maximum Gasteiger partial charge on any atom is 0.323 e. The third-order valence-corrected chi connectivity index (χ3v) is 1.27. The van der Waals surface area contributed by atoms with E-state index in [1.165, 1.54) is 0 Å². The quantitative estimate of drug-likeness (QED) is 0.508. The lowest BCUT2D eigenvalue weighted by atomic mass is 10.1. The molecule has 0 atom stereocenters. The van der Waals surface area contributed by atoms with E-state index in [0.717, 1.165) is 0 Å². The standard InChI is InChI=1S/C6H11NO2/c7-6(5(8)9)3-1-2-4-6/h1-4,7H2,(H,8,9)/i3D2,4D2,5+1. The second kappa shape index (κ2) is 1.99. The van der Waals surface area contributed by atoms with Crippen molar-refractivity contribution in [1.82, 2.24) is 0 Å². The third kappa shape index (κ3) is 1.05. The average Bonchev–Trinajstić information content (AvgIpc) is 2.12. The van der Waals surface area contributed by atoms with Gasteiger partial charge in [0.15, 0.2) is 0 Å². The molecule has 1 aliphatic carbocycles. The first kappa shape index (κ1) is 3.01. The van der Waals surface area contributed by atoms with E-state index in [2.05, 4.69) is 0 Å². The van der Waals surface area contributed by atoms with Crippen molar-refractivity contribution in [3.63, 3.8) is 0 Å². The molecule has 1 fully saturated rings. The molecule has 0 saturated heterocycles. The van der Waals surface area contributed by atoms with Crippen LogP contribution in [0.25, 0.3) is 0 Å². The van der Waals surface area contributed by atoms with Crippen LogP contribution in [0, 0.1) is 0 Å². The Morgan fingerprint density at radius 3 is 2.33 bits per heavy atom. The van der Waals surface area contributed by atoms with Gasteiger partial charge in [-0.05, 0) is 12.7 Å². The summed E-state index contributed by atoms with van der Waals surface area (Å²) in [5.74, 6) is -1.62. The summed E-state index contributed by atoms with van der Waals surface area (Å²) in [6, 6.07) is 0. The molecule has 0 unspecified atom stereocenters. The first-order valence-electron chi connectivity index (χ1n) is 4.67. The average molecular weight is 134 g/mol. The van der Waals surface area contributed by atoms with Crippen LogP contribution in [-0.4, -0.2) is 16.6 Å². The molecule has 0 aromatic rings. The van der Waals surface area contributed by atoms with Crippen LogP contribution in [0.1, 0.15) is 31.1 Å². The van der Waals surface area contributed by atoms with Gasteiger partial charge in [0.25, 0.3) is 0 Å². The summed E-state index contributed by atoms with van der Waals surface area (Å²) in [6.45, 7) is 0. The summed E-state index contributed by atoms with van der Waals surface area (Å²) >= 11 is 0. The monoisotopic (exact) mass is 134 g/mol. The Kier molecular flexibility index (Phi) is 0.665. The predicted molar refractivity (Wildman–Crippen MR) is 33.0 cm³/mol. The largest absolute Gasteiger partial charge is 0.480 e. The Labute approximate surface area is 59.5 Å². The molecule has 0 aromatic heterocycles. The lowest BCUT2D eigenvalue weighted by Crippen LogP contribution is -2.44. The zero-order chi connectivity index (χ0) is 10.5. The molecule has 1 rings (SSSR count). The Morgan fingerprint density at radius 1 is 1.67 bits per heavy atom. The van der Waals surface area contributed by atoms with Gasteiger partial charge in [0.2, 0.25) is 0 Å². The van der Waals surface area contributed by atoms with Gasteiger partial charge in [-0.3, -0.25) is 4.79 Å². The van der Waals surface area contributed by atoms with E-state index in [1.807, 2.05) is 0 Å². The SMILES string of the molecule is [2H]C1([2H])CCC([2H])([2H])C1(N)[13C](=O)O. The minimum Gasteiger partial charge on any atom is -0.480 e. The van der Waals surface area contributed by atoms with E-state index in [4.69, 9.17) is 16.3 Å². The summed E-state index contributed by atoms with van der Waals surface area (Å²) in [5, 5.41) is 8.74. The van der Waals surface area contributed by atoms with Crippen LogP contribution in [-0.2, 0) is 4.79 Å². The Bertz CT molecular complexity index is 237. The van der Waals surface area contributed by atoms with Crippen molar-refractivity contribution in [2.75, 3.05) is 0 Å². The van der Waals surface area contributed by atoms with E-state index < -0.39 is 24.3 Å². The van der Waals surface area contributed by atoms with Crippen LogP contribution in [0.15, 0.2) is 0 Å². The number of nitrogens with two attached hydrogens (primary N) is 1. The molecular formula is C6H11NO2. The summed E-state index contributed by atoms with van der Waals surface area (Å²) in [4.78, 5) is 10.7. The van der Waals surface area contributed by atoms with E-state index in [0.29, 0.717) is 0 Å². The van der Waals surface area contributed by atoms with E-state index in [-0.39, 0.29) is 12.8 Å². The fraction of sp³-hybridized carbons (Fsp3) is 0.833. The Morgan fingerprint density at radius 2 is 2.11 bits per heavy atom. The maximum absolute atomic E-state index is 10.7. The number of carboxylic acids is 1. The topological polar surface area (TPSA) is 63.3 Å². The molecule has 0 amide bonds. The van der Waals surface area contributed by atoms with Gasteiger partial charge in [-0.1, -0.05) is 12.8 Å². The van der Waals surface area contributed by atoms with Gasteiger partial charge in [-0.25, -0.2) is 0 Å². The first-order valence-corrected chi connectivity index (χ1v) is 2.67. The molecule has 52 valence electrons. The number of aliphatic carboxylic acids is 1. The molecule has 0 heterocycles. The van der Waals surface area contributed by atoms with Gasteiger partial charge in [-0.15, -0.1) is 0 Å². The molecule has 3 N–H and O–H groups in total. The third-order valence-electron chi connectivity index (χ3n) is 1.27. The van der Waals surface area contributed by atoms with Gasteiger partial charge in [0.05, 0.1) is 0 Å². The van der Waals surface area contributed by atoms with Crippen molar-refractivity contribution in [1.29, 1.82) is 0 Å². The normalized spacial score (nSPS) is 41.9. The van der Waals surface area contributed by atoms with Gasteiger partial charge in [-0.2, -0.15) is 0 Å². The van der Waals surface area contributed by atoms with Gasteiger partial charge in [0.1, 0.15) is 5.54 Å². The molecule has 1 saturated carbocycles. The number of carboxylic acid groups (broad SMARTS) is 1. The smallest absolute Gasteiger partial charge is 0.323 e. The van der Waals surface area contributed by atoms with Crippen molar-refractivity contribution < 1.29 is 15.4 Å². The second-order valence-electron chi connectivity index (χ2n) is 1.97. The summed E-state index contributed by atoms with van der Waals surface area (Å²) in [5.41, 5.74) is 2.88. The highest BCUT2D eigenvalue weighted by Gasteiger charge is 2.36. The van der Waals surface area contributed by atoms with Crippen LogP contribution in [0.3, 0.4) is 0 Å². The van der Waals surface area contributed by atoms with Gasteiger partial charge in [0, 0.05) is 5.48 Å². The highest BCUT2D eigenvalue weighted by Crippen LogP contribution is 2.26. The molecule has 0 aliphatic heterocycles. The van der Waals surface area contributed by atoms with Crippen LogP contribution in [0.5, 0.6) is 0 Å². The van der Waals surface area contributed by atoms with Crippen molar-refractivity contribution in [2.45, 2.75) is 31.1 Å². The fourth-order valence-electron chi connectivity index (χ4n) is 0.733. The van der Waals surface area contributed by atoms with Crippen LogP contribution in [0.2, 0.25) is 0 Å². The molecule has 0 bridgehead atoms. The van der Waals surface area contributed by atoms with Crippen LogP contribution >= 0.6 is 0 Å². The van der Waals surface area contributed by atoms with Crippen molar-refractivity contribution in [3.05, 3.63) is 0 Å². The van der Waals surface area contributed by atoms with Crippen molar-refractivity contribution >= 4 is 5.97 Å². The van der Waals surface area contributed by atoms with Crippen molar-refractivity contribution in [2.24, 2.45) is 5.73 Å². The van der Waals surface area contributed by atoms with Gasteiger partial charge < -0.3 is 10.8 Å².